The van der Waals surface area contributed by atoms with E-state index in [1.807, 2.05) is 60.4 Å². The van der Waals surface area contributed by atoms with Gasteiger partial charge in [-0.05, 0) is 56.7 Å². The van der Waals surface area contributed by atoms with Crippen LogP contribution in [0.15, 0.2) is 48.5 Å². The topological polar surface area (TPSA) is 108 Å². The third kappa shape index (κ3) is 6.26. The van der Waals surface area contributed by atoms with E-state index in [-0.39, 0.29) is 18.5 Å². The molecule has 4 unspecified atom stereocenters. The highest BCUT2D eigenvalue weighted by Gasteiger charge is 2.44. The van der Waals surface area contributed by atoms with Crippen LogP contribution in [-0.4, -0.2) is 78.1 Å². The van der Waals surface area contributed by atoms with Crippen molar-refractivity contribution in [1.82, 2.24) is 9.80 Å². The lowest BCUT2D eigenvalue weighted by Gasteiger charge is -2.44. The molecule has 0 spiro atoms. The van der Waals surface area contributed by atoms with Gasteiger partial charge in [0.25, 0.3) is 0 Å². The number of piperidine rings is 1. The van der Waals surface area contributed by atoms with E-state index in [2.05, 4.69) is 0 Å². The molecule has 8 heteroatoms. The van der Waals surface area contributed by atoms with Crippen molar-refractivity contribution >= 4 is 6.03 Å². The lowest BCUT2D eigenvalue weighted by Crippen LogP contribution is -2.51. The zero-order valence-electron chi connectivity index (χ0n) is 22.0. The Morgan fingerprint density at radius 2 is 1.78 bits per heavy atom. The fraction of sp³-hybridized carbons (Fsp3) is 0.552. The number of rotatable bonds is 9. The van der Waals surface area contributed by atoms with Gasteiger partial charge >= 0.3 is 6.03 Å². The van der Waals surface area contributed by atoms with Gasteiger partial charge in [0.1, 0.15) is 11.5 Å². The molecule has 2 aliphatic heterocycles. The van der Waals surface area contributed by atoms with Crippen molar-refractivity contribution in [2.75, 3.05) is 39.9 Å². The van der Waals surface area contributed by atoms with Gasteiger partial charge in [0, 0.05) is 57.4 Å². The number of carbonyl (C=O) groups is 1. The number of nitrogens with zero attached hydrogens (tertiary/aromatic N) is 2. The fourth-order valence-corrected chi connectivity index (χ4v) is 5.61. The number of ether oxygens (including phenoxy) is 2. The summed E-state index contributed by atoms with van der Waals surface area (Å²) in [6, 6.07) is 15.0. The Bertz CT molecular complexity index is 1040. The molecule has 0 saturated carbocycles. The predicted octanol–water partition coefficient (Wildman–Crippen LogP) is 3.63. The first kappa shape index (κ1) is 27.4. The van der Waals surface area contributed by atoms with Crippen molar-refractivity contribution < 1.29 is 24.5 Å². The number of methoxy groups -OCH3 is 1. The van der Waals surface area contributed by atoms with Crippen molar-refractivity contribution in [3.8, 4) is 11.5 Å². The molecule has 2 fully saturated rings. The second-order valence-corrected chi connectivity index (χ2v) is 10.4. The van der Waals surface area contributed by atoms with E-state index in [4.69, 9.17) is 15.2 Å². The van der Waals surface area contributed by atoms with Crippen molar-refractivity contribution in [1.29, 1.82) is 0 Å². The zero-order chi connectivity index (χ0) is 26.4. The Hall–Kier alpha value is -2.65. The maximum atomic E-state index is 13.3. The number of para-hydroxylation sites is 2. The van der Waals surface area contributed by atoms with Crippen molar-refractivity contribution in [3.63, 3.8) is 0 Å². The largest absolute Gasteiger partial charge is 0.457 e. The Morgan fingerprint density at radius 1 is 1.05 bits per heavy atom. The number of urea groups is 1. The minimum Gasteiger partial charge on any atom is -0.457 e. The van der Waals surface area contributed by atoms with E-state index in [0.29, 0.717) is 38.4 Å². The summed E-state index contributed by atoms with van der Waals surface area (Å²) in [6.07, 6.45) is 3.03. The molecule has 2 aromatic carbocycles. The third-order valence-corrected chi connectivity index (χ3v) is 7.79. The van der Waals surface area contributed by atoms with Crippen LogP contribution in [0, 0.1) is 12.8 Å². The minimum absolute atomic E-state index is 0.122. The summed E-state index contributed by atoms with van der Waals surface area (Å²) in [5.74, 6) is 1.21. The van der Waals surface area contributed by atoms with Crippen molar-refractivity contribution in [3.05, 3.63) is 59.7 Å². The van der Waals surface area contributed by atoms with Crippen LogP contribution in [0.5, 0.6) is 11.5 Å². The molecule has 4 atom stereocenters. The maximum Gasteiger partial charge on any atom is 0.320 e. The highest BCUT2D eigenvalue weighted by Crippen LogP contribution is 2.44. The maximum absolute atomic E-state index is 13.3. The van der Waals surface area contributed by atoms with Crippen LogP contribution in [0.4, 0.5) is 4.79 Å². The number of hydrogen-bond acceptors (Lipinski definition) is 6. The number of unbranched alkanes of at least 4 members (excludes halogenated alkanes) is 1. The van der Waals surface area contributed by atoms with Crippen LogP contribution < -0.4 is 10.5 Å². The molecule has 4 rings (SSSR count). The molecule has 2 saturated heterocycles. The predicted molar refractivity (Wildman–Crippen MR) is 143 cm³/mol. The summed E-state index contributed by atoms with van der Waals surface area (Å²) in [6.45, 7) is 4.27. The molecular formula is C29H41N3O5. The average molecular weight is 512 g/mol. The molecule has 0 radical (unpaired) electrons. The molecule has 2 aliphatic rings. The second-order valence-electron chi connectivity index (χ2n) is 10.4. The molecule has 37 heavy (non-hydrogen) atoms. The van der Waals surface area contributed by atoms with Gasteiger partial charge in [0.05, 0.1) is 11.7 Å². The molecule has 0 aromatic heterocycles. The van der Waals surface area contributed by atoms with E-state index in [9.17, 15) is 15.0 Å². The van der Waals surface area contributed by atoms with E-state index in [1.54, 1.807) is 12.0 Å². The zero-order valence-corrected chi connectivity index (χ0v) is 22.0. The molecule has 202 valence electrons. The SMILES string of the molecule is COCCCCC(O)(c1ccccc1Oc1ccccc1C)C1CCCN(C(=O)N2CC(N)C(O)C2)C1. The first-order valence-corrected chi connectivity index (χ1v) is 13.3. The number of aryl methyl sites for hydroxylation is 1. The quantitative estimate of drug-likeness (QED) is 0.444. The summed E-state index contributed by atoms with van der Waals surface area (Å²) in [5, 5.41) is 22.5. The first-order valence-electron chi connectivity index (χ1n) is 13.3. The van der Waals surface area contributed by atoms with Gasteiger partial charge < -0.3 is 35.2 Å². The normalized spacial score (nSPS) is 23.6. The second kappa shape index (κ2) is 12.3. The molecule has 2 heterocycles. The molecular weight excluding hydrogens is 470 g/mol. The number of aliphatic hydroxyl groups is 2. The fourth-order valence-electron chi connectivity index (χ4n) is 5.61. The van der Waals surface area contributed by atoms with E-state index in [0.717, 1.165) is 42.6 Å². The molecule has 2 amide bonds. The van der Waals surface area contributed by atoms with Gasteiger partial charge in [-0.3, -0.25) is 0 Å². The van der Waals surface area contributed by atoms with Gasteiger partial charge in [0.2, 0.25) is 0 Å². The summed E-state index contributed by atoms with van der Waals surface area (Å²) >= 11 is 0. The first-order chi connectivity index (χ1) is 17.8. The number of β-amino-alcohol motifs (C(OH)–C–C–N with tert-alkyl or cyclic N) is 1. The highest BCUT2D eigenvalue weighted by molar-refractivity contribution is 5.75. The van der Waals surface area contributed by atoms with Gasteiger partial charge in [0.15, 0.2) is 0 Å². The number of carbonyl (C=O) groups excluding carboxylic acids is 1. The van der Waals surface area contributed by atoms with Crippen LogP contribution in [0.2, 0.25) is 0 Å². The van der Waals surface area contributed by atoms with Gasteiger partial charge in [-0.15, -0.1) is 0 Å². The van der Waals surface area contributed by atoms with Crippen LogP contribution in [-0.2, 0) is 10.3 Å². The molecule has 2 aromatic rings. The van der Waals surface area contributed by atoms with Crippen LogP contribution in [0.25, 0.3) is 0 Å². The lowest BCUT2D eigenvalue weighted by atomic mass is 9.73. The molecule has 0 bridgehead atoms. The molecule has 8 nitrogen and oxygen atoms in total. The Labute approximate surface area is 220 Å². The third-order valence-electron chi connectivity index (χ3n) is 7.79. The molecule has 0 aliphatic carbocycles. The smallest absolute Gasteiger partial charge is 0.320 e. The van der Waals surface area contributed by atoms with Crippen LogP contribution >= 0.6 is 0 Å². The number of aliphatic hydroxyl groups excluding tert-OH is 1. The number of likely N-dealkylation sites (tertiary alicyclic amines) is 2. The summed E-state index contributed by atoms with van der Waals surface area (Å²) in [7, 11) is 1.68. The van der Waals surface area contributed by atoms with E-state index >= 15 is 0 Å². The summed E-state index contributed by atoms with van der Waals surface area (Å²) in [4.78, 5) is 16.7. The lowest BCUT2D eigenvalue weighted by molar-refractivity contribution is -0.0587. The Balaban J connectivity index is 1.61. The summed E-state index contributed by atoms with van der Waals surface area (Å²) in [5.41, 5.74) is 6.52. The standard InChI is InChI=1S/C29H41N3O5/c1-21-10-3-5-13-26(21)37-27-14-6-4-12-23(27)29(35,15-7-8-17-36-2)22-11-9-16-31(18-22)28(34)32-19-24(30)25(33)20-32/h3-6,10,12-14,22,24-25,33,35H,7-9,11,15-20,30H2,1-2H3. The van der Waals surface area contributed by atoms with Crippen molar-refractivity contribution in [2.24, 2.45) is 11.7 Å². The number of benzene rings is 2. The monoisotopic (exact) mass is 511 g/mol. The van der Waals surface area contributed by atoms with E-state index in [1.165, 1.54) is 0 Å². The average Bonchev–Trinajstić information content (AvgIpc) is 3.25. The van der Waals surface area contributed by atoms with Crippen LogP contribution in [0.1, 0.15) is 43.2 Å². The van der Waals surface area contributed by atoms with Gasteiger partial charge in [-0.25, -0.2) is 4.79 Å². The highest BCUT2D eigenvalue weighted by atomic mass is 16.5. The van der Waals surface area contributed by atoms with Gasteiger partial charge in [-0.2, -0.15) is 0 Å². The minimum atomic E-state index is -1.19. The number of amides is 2. The Morgan fingerprint density at radius 3 is 2.49 bits per heavy atom. The number of hydrogen-bond donors (Lipinski definition) is 3. The van der Waals surface area contributed by atoms with Crippen LogP contribution in [0.3, 0.4) is 0 Å². The van der Waals surface area contributed by atoms with Gasteiger partial charge in [-0.1, -0.05) is 36.4 Å². The number of nitrogens with two attached hydrogens (primary N) is 1. The Kier molecular flexibility index (Phi) is 9.08. The van der Waals surface area contributed by atoms with Crippen molar-refractivity contribution in [2.45, 2.75) is 56.8 Å². The molecule has 4 N–H and O–H groups in total. The van der Waals surface area contributed by atoms with E-state index < -0.39 is 17.7 Å². The summed E-state index contributed by atoms with van der Waals surface area (Å²) < 4.78 is 11.6.